The Morgan fingerprint density at radius 1 is 1.18 bits per heavy atom. The number of hydrogen-bond acceptors (Lipinski definition) is 3. The third-order valence-electron chi connectivity index (χ3n) is 4.43. The second kappa shape index (κ2) is 7.71. The third-order valence-corrected chi connectivity index (χ3v) is 5.47. The van der Waals surface area contributed by atoms with Gasteiger partial charge in [0.25, 0.3) is 5.91 Å². The predicted octanol–water partition coefficient (Wildman–Crippen LogP) is 4.63. The summed E-state index contributed by atoms with van der Waals surface area (Å²) in [6, 6.07) is 19.3. The molecule has 0 aliphatic rings. The van der Waals surface area contributed by atoms with E-state index in [0.29, 0.717) is 23.5 Å². The van der Waals surface area contributed by atoms with Gasteiger partial charge in [-0.3, -0.25) is 4.79 Å². The summed E-state index contributed by atoms with van der Waals surface area (Å²) in [5.41, 5.74) is 1.52. The number of rotatable bonds is 4. The van der Waals surface area contributed by atoms with Gasteiger partial charge < -0.3 is 9.30 Å². The standard InChI is InChI=1S/C23H18N2O2S/c1-3-14-25-20-13-12-17(27-4-2)15-21(20)28-23(25)24-22(26)19-11-7-9-16-8-5-6-10-18(16)19/h1,5-13,15H,4,14H2,2H3. The Morgan fingerprint density at radius 2 is 2.00 bits per heavy atom. The molecule has 4 aromatic rings. The van der Waals surface area contributed by atoms with E-state index in [0.717, 1.165) is 26.7 Å². The summed E-state index contributed by atoms with van der Waals surface area (Å²) >= 11 is 1.43. The maximum atomic E-state index is 13.0. The lowest BCUT2D eigenvalue weighted by Gasteiger charge is -2.04. The number of fused-ring (bicyclic) bond motifs is 2. The number of carbonyl (C=O) groups is 1. The van der Waals surface area contributed by atoms with Gasteiger partial charge in [-0.15, -0.1) is 6.42 Å². The number of carbonyl (C=O) groups excluding carboxylic acids is 1. The van der Waals surface area contributed by atoms with E-state index < -0.39 is 0 Å². The second-order valence-corrected chi connectivity index (χ2v) is 7.19. The molecule has 0 atom stereocenters. The third kappa shape index (κ3) is 3.30. The Labute approximate surface area is 166 Å². The van der Waals surface area contributed by atoms with Crippen molar-refractivity contribution in [3.05, 3.63) is 71.0 Å². The summed E-state index contributed by atoms with van der Waals surface area (Å²) in [6.45, 7) is 2.88. The van der Waals surface area contributed by atoms with Gasteiger partial charge >= 0.3 is 0 Å². The Hall–Kier alpha value is -3.36. The minimum Gasteiger partial charge on any atom is -0.494 e. The number of benzene rings is 3. The van der Waals surface area contributed by atoms with E-state index in [1.165, 1.54) is 11.3 Å². The van der Waals surface area contributed by atoms with Crippen molar-refractivity contribution in [2.45, 2.75) is 13.5 Å². The molecule has 1 aromatic heterocycles. The van der Waals surface area contributed by atoms with E-state index in [4.69, 9.17) is 11.2 Å². The largest absolute Gasteiger partial charge is 0.494 e. The lowest BCUT2D eigenvalue weighted by atomic mass is 10.0. The Bertz CT molecular complexity index is 1290. The highest BCUT2D eigenvalue weighted by Crippen LogP contribution is 2.24. The molecule has 0 N–H and O–H groups in total. The molecule has 0 fully saturated rings. The molecule has 4 rings (SSSR count). The molecule has 138 valence electrons. The summed E-state index contributed by atoms with van der Waals surface area (Å²) in [4.78, 5) is 18.0. The maximum absolute atomic E-state index is 13.0. The van der Waals surface area contributed by atoms with Crippen LogP contribution in [0.4, 0.5) is 0 Å². The fraction of sp³-hybridized carbons (Fsp3) is 0.130. The SMILES string of the molecule is C#CCn1c(=NC(=O)c2cccc3ccccc23)sc2cc(OCC)ccc21. The molecule has 0 saturated heterocycles. The molecule has 0 bridgehead atoms. The summed E-state index contributed by atoms with van der Waals surface area (Å²) in [7, 11) is 0. The smallest absolute Gasteiger partial charge is 0.280 e. The summed E-state index contributed by atoms with van der Waals surface area (Å²) < 4.78 is 8.45. The van der Waals surface area contributed by atoms with Gasteiger partial charge in [0.05, 0.1) is 23.4 Å². The molecule has 0 unspecified atom stereocenters. The van der Waals surface area contributed by atoms with Gasteiger partial charge in [-0.1, -0.05) is 53.7 Å². The highest BCUT2D eigenvalue weighted by molar-refractivity contribution is 7.16. The number of nitrogens with zero attached hydrogens (tertiary/aromatic N) is 2. The first-order chi connectivity index (χ1) is 13.7. The van der Waals surface area contributed by atoms with Crippen molar-refractivity contribution < 1.29 is 9.53 Å². The number of amides is 1. The highest BCUT2D eigenvalue weighted by Gasteiger charge is 2.12. The Morgan fingerprint density at radius 3 is 2.82 bits per heavy atom. The van der Waals surface area contributed by atoms with Gasteiger partial charge in [-0.05, 0) is 42.0 Å². The molecule has 0 aliphatic heterocycles. The zero-order valence-electron chi connectivity index (χ0n) is 15.4. The van der Waals surface area contributed by atoms with Gasteiger partial charge in [0, 0.05) is 5.56 Å². The number of aromatic nitrogens is 1. The van der Waals surface area contributed by atoms with Crippen LogP contribution in [0.3, 0.4) is 0 Å². The molecule has 4 nitrogen and oxygen atoms in total. The van der Waals surface area contributed by atoms with Crippen LogP contribution in [-0.4, -0.2) is 17.1 Å². The van der Waals surface area contributed by atoms with Gasteiger partial charge in [-0.2, -0.15) is 4.99 Å². The van der Waals surface area contributed by atoms with Gasteiger partial charge in [0.1, 0.15) is 5.75 Å². The second-order valence-electron chi connectivity index (χ2n) is 6.18. The minimum atomic E-state index is -0.279. The van der Waals surface area contributed by atoms with Crippen LogP contribution >= 0.6 is 11.3 Å². The lowest BCUT2D eigenvalue weighted by Crippen LogP contribution is -2.16. The summed E-state index contributed by atoms with van der Waals surface area (Å²) in [5.74, 6) is 3.16. The molecular weight excluding hydrogens is 368 g/mol. The zero-order valence-corrected chi connectivity index (χ0v) is 16.2. The topological polar surface area (TPSA) is 43.6 Å². The number of hydrogen-bond donors (Lipinski definition) is 0. The van der Waals surface area contributed by atoms with Crippen molar-refractivity contribution in [1.82, 2.24) is 4.57 Å². The van der Waals surface area contributed by atoms with E-state index in [1.54, 1.807) is 6.07 Å². The van der Waals surface area contributed by atoms with Crippen molar-refractivity contribution in [1.29, 1.82) is 0 Å². The van der Waals surface area contributed by atoms with Crippen LogP contribution in [0.2, 0.25) is 0 Å². The van der Waals surface area contributed by atoms with E-state index in [9.17, 15) is 4.79 Å². The molecule has 0 radical (unpaired) electrons. The molecule has 5 heteroatoms. The molecule has 28 heavy (non-hydrogen) atoms. The van der Waals surface area contributed by atoms with Crippen molar-refractivity contribution in [3.8, 4) is 18.1 Å². The fourth-order valence-corrected chi connectivity index (χ4v) is 4.25. The highest BCUT2D eigenvalue weighted by atomic mass is 32.1. The quantitative estimate of drug-likeness (QED) is 0.480. The molecule has 0 saturated carbocycles. The van der Waals surface area contributed by atoms with Crippen molar-refractivity contribution >= 4 is 38.2 Å². The molecule has 0 aliphatic carbocycles. The van der Waals surface area contributed by atoms with E-state index in [-0.39, 0.29) is 5.91 Å². The monoisotopic (exact) mass is 386 g/mol. The van der Waals surface area contributed by atoms with Crippen LogP contribution in [0.15, 0.2) is 65.7 Å². The van der Waals surface area contributed by atoms with Crippen molar-refractivity contribution in [3.63, 3.8) is 0 Å². The molecular formula is C23H18N2O2S. The van der Waals surface area contributed by atoms with Crippen LogP contribution in [0.5, 0.6) is 5.75 Å². The van der Waals surface area contributed by atoms with Crippen LogP contribution in [-0.2, 0) is 6.54 Å². The van der Waals surface area contributed by atoms with Crippen LogP contribution in [0, 0.1) is 12.3 Å². The fourth-order valence-electron chi connectivity index (χ4n) is 3.20. The van der Waals surface area contributed by atoms with Crippen LogP contribution in [0.1, 0.15) is 17.3 Å². The van der Waals surface area contributed by atoms with Gasteiger partial charge in [0.2, 0.25) is 0 Å². The van der Waals surface area contributed by atoms with Gasteiger partial charge in [0.15, 0.2) is 4.80 Å². The first kappa shape index (κ1) is 18.0. The number of ether oxygens (including phenoxy) is 1. The summed E-state index contributed by atoms with van der Waals surface area (Å²) in [5, 5.41) is 1.90. The predicted molar refractivity (Wildman–Crippen MR) is 114 cm³/mol. The molecule has 1 amide bonds. The number of thiazole rings is 1. The Balaban J connectivity index is 1.87. The zero-order chi connectivity index (χ0) is 19.5. The lowest BCUT2D eigenvalue weighted by molar-refractivity contribution is 0.0999. The average Bonchev–Trinajstić information content (AvgIpc) is 3.04. The number of terminal acetylenes is 1. The molecule has 0 spiro atoms. The van der Waals surface area contributed by atoms with Crippen molar-refractivity contribution in [2.75, 3.05) is 6.61 Å². The Kier molecular flexibility index (Phi) is 4.96. The first-order valence-electron chi connectivity index (χ1n) is 8.97. The molecule has 1 heterocycles. The van der Waals surface area contributed by atoms with E-state index in [2.05, 4.69) is 10.9 Å². The van der Waals surface area contributed by atoms with Crippen LogP contribution < -0.4 is 9.54 Å². The van der Waals surface area contributed by atoms with E-state index in [1.807, 2.05) is 66.1 Å². The average molecular weight is 386 g/mol. The minimum absolute atomic E-state index is 0.279. The van der Waals surface area contributed by atoms with Crippen LogP contribution in [0.25, 0.3) is 21.0 Å². The van der Waals surface area contributed by atoms with Crippen molar-refractivity contribution in [2.24, 2.45) is 4.99 Å². The summed E-state index contributed by atoms with van der Waals surface area (Å²) in [6.07, 6.45) is 5.56. The van der Waals surface area contributed by atoms with Gasteiger partial charge in [-0.25, -0.2) is 0 Å². The first-order valence-corrected chi connectivity index (χ1v) is 9.79. The van der Waals surface area contributed by atoms with E-state index >= 15 is 0 Å². The molecule has 3 aromatic carbocycles. The maximum Gasteiger partial charge on any atom is 0.280 e. The normalized spacial score (nSPS) is 11.6.